The lowest BCUT2D eigenvalue weighted by molar-refractivity contribution is 0.0285. The Morgan fingerprint density at radius 2 is 1.82 bits per heavy atom. The van der Waals surface area contributed by atoms with Crippen LogP contribution < -0.4 is 10.6 Å². The second-order valence-corrected chi connectivity index (χ2v) is 8.02. The average molecular weight is 393 g/mol. The normalized spacial score (nSPS) is 13.0. The molecule has 7 heteroatoms. The fourth-order valence-electron chi connectivity index (χ4n) is 2.28. The number of guanidine groups is 1. The van der Waals surface area contributed by atoms with Crippen molar-refractivity contribution < 1.29 is 14.6 Å². The minimum atomic E-state index is -0.500. The van der Waals surface area contributed by atoms with E-state index in [4.69, 9.17) is 9.84 Å². The molecule has 1 rings (SSSR count). The van der Waals surface area contributed by atoms with Gasteiger partial charge in [0.1, 0.15) is 5.60 Å². The number of carbonyl (C=O) groups is 1. The van der Waals surface area contributed by atoms with E-state index in [9.17, 15) is 4.79 Å². The summed E-state index contributed by atoms with van der Waals surface area (Å²) in [5.74, 6) is 0.904. The van der Waals surface area contributed by atoms with Crippen molar-refractivity contribution in [2.45, 2.75) is 53.3 Å². The number of carbonyl (C=O) groups excluding carboxylic acids is 1. The highest BCUT2D eigenvalue weighted by Crippen LogP contribution is 2.12. The molecule has 158 valence electrons. The van der Waals surface area contributed by atoms with Crippen molar-refractivity contribution in [3.8, 4) is 0 Å². The van der Waals surface area contributed by atoms with Crippen molar-refractivity contribution in [3.63, 3.8) is 0 Å². The molecular weight excluding hydrogens is 356 g/mol. The number of amides is 1. The van der Waals surface area contributed by atoms with Gasteiger partial charge in [-0.1, -0.05) is 31.2 Å². The molecule has 1 amide bonds. The quantitative estimate of drug-likeness (QED) is 0.468. The number of nitrogens with zero attached hydrogens (tertiary/aromatic N) is 2. The maximum absolute atomic E-state index is 12.1. The summed E-state index contributed by atoms with van der Waals surface area (Å²) in [5.41, 5.74) is 1.61. The Balaban J connectivity index is 2.61. The average Bonchev–Trinajstić information content (AvgIpc) is 2.63. The third-order valence-corrected chi connectivity index (χ3v) is 3.84. The molecule has 0 aliphatic heterocycles. The molecule has 0 aliphatic carbocycles. The number of hydrogen-bond donors (Lipinski definition) is 3. The second kappa shape index (κ2) is 11.5. The lowest BCUT2D eigenvalue weighted by Gasteiger charge is -2.24. The van der Waals surface area contributed by atoms with E-state index in [2.05, 4.69) is 15.6 Å². The number of aliphatic hydroxyl groups is 1. The Kier molecular flexibility index (Phi) is 9.79. The van der Waals surface area contributed by atoms with E-state index in [1.165, 1.54) is 0 Å². The summed E-state index contributed by atoms with van der Waals surface area (Å²) in [5, 5.41) is 15.6. The predicted molar refractivity (Wildman–Crippen MR) is 113 cm³/mol. The Morgan fingerprint density at radius 3 is 2.36 bits per heavy atom. The van der Waals surface area contributed by atoms with Crippen LogP contribution in [0, 0.1) is 5.92 Å². The topological polar surface area (TPSA) is 86.2 Å². The largest absolute Gasteiger partial charge is 0.444 e. The first-order chi connectivity index (χ1) is 13.1. The lowest BCUT2D eigenvalue weighted by atomic mass is 10.1. The molecule has 0 saturated carbocycles. The van der Waals surface area contributed by atoms with Crippen molar-refractivity contribution in [2.75, 3.05) is 26.7 Å². The van der Waals surface area contributed by atoms with Gasteiger partial charge < -0.3 is 25.4 Å². The third kappa shape index (κ3) is 9.60. The maximum atomic E-state index is 12.1. The van der Waals surface area contributed by atoms with Gasteiger partial charge in [-0.15, -0.1) is 0 Å². The molecule has 0 heterocycles. The fourth-order valence-corrected chi connectivity index (χ4v) is 2.28. The van der Waals surface area contributed by atoms with Crippen molar-refractivity contribution in [1.82, 2.24) is 15.5 Å². The molecule has 0 fully saturated rings. The number of aliphatic imine (C=N–C) groups is 1. The number of hydrogen-bond acceptors (Lipinski definition) is 4. The summed E-state index contributed by atoms with van der Waals surface area (Å²) in [7, 11) is 1.73. The molecule has 0 spiro atoms. The zero-order valence-corrected chi connectivity index (χ0v) is 18.1. The molecule has 0 radical (unpaired) electrons. The highest BCUT2D eigenvalue weighted by Gasteiger charge is 2.19. The Morgan fingerprint density at radius 1 is 1.21 bits per heavy atom. The molecule has 1 aromatic rings. The van der Waals surface area contributed by atoms with E-state index in [0.717, 1.165) is 23.6 Å². The standard InChI is InChI=1S/C21H36N4O3/c1-7-22-19(23-12-16(2)15-26)24-13-17-8-10-18(11-9-17)14-25(6)20(27)28-21(3,4)5/h8-11,16,26H,7,12-15H2,1-6H3,(H2,22,23,24). The smallest absolute Gasteiger partial charge is 0.410 e. The number of aliphatic hydroxyl groups excluding tert-OH is 1. The zero-order chi connectivity index (χ0) is 21.2. The van der Waals surface area contributed by atoms with E-state index in [0.29, 0.717) is 19.6 Å². The van der Waals surface area contributed by atoms with Gasteiger partial charge in [-0.05, 0) is 44.7 Å². The van der Waals surface area contributed by atoms with Crippen LogP contribution in [0.3, 0.4) is 0 Å². The van der Waals surface area contributed by atoms with Crippen LogP contribution in [-0.2, 0) is 17.8 Å². The molecular formula is C21H36N4O3. The lowest BCUT2D eigenvalue weighted by Crippen LogP contribution is -2.39. The van der Waals surface area contributed by atoms with Crippen LogP contribution in [-0.4, -0.2) is 54.4 Å². The molecule has 0 saturated heterocycles. The van der Waals surface area contributed by atoms with Gasteiger partial charge in [-0.3, -0.25) is 0 Å². The van der Waals surface area contributed by atoms with Crippen molar-refractivity contribution in [3.05, 3.63) is 35.4 Å². The van der Waals surface area contributed by atoms with E-state index in [1.807, 2.05) is 58.9 Å². The fraction of sp³-hybridized carbons (Fsp3) is 0.619. The number of benzene rings is 1. The molecule has 1 atom stereocenters. The summed E-state index contributed by atoms with van der Waals surface area (Å²) in [6.45, 7) is 12.2. The molecule has 3 N–H and O–H groups in total. The van der Waals surface area contributed by atoms with Crippen molar-refractivity contribution in [1.29, 1.82) is 0 Å². The van der Waals surface area contributed by atoms with Gasteiger partial charge in [0, 0.05) is 33.3 Å². The van der Waals surface area contributed by atoms with E-state index >= 15 is 0 Å². The summed E-state index contributed by atoms with van der Waals surface area (Å²) >= 11 is 0. The highest BCUT2D eigenvalue weighted by molar-refractivity contribution is 5.79. The molecule has 7 nitrogen and oxygen atoms in total. The second-order valence-electron chi connectivity index (χ2n) is 8.02. The first-order valence-electron chi connectivity index (χ1n) is 9.79. The molecule has 0 aromatic heterocycles. The van der Waals surface area contributed by atoms with Crippen molar-refractivity contribution >= 4 is 12.1 Å². The van der Waals surface area contributed by atoms with Crippen LogP contribution in [0.2, 0.25) is 0 Å². The summed E-state index contributed by atoms with van der Waals surface area (Å²) in [4.78, 5) is 18.2. The maximum Gasteiger partial charge on any atom is 0.410 e. The third-order valence-electron chi connectivity index (χ3n) is 3.84. The number of ether oxygens (including phenoxy) is 1. The summed E-state index contributed by atoms with van der Waals surface area (Å²) in [6, 6.07) is 8.03. The van der Waals surface area contributed by atoms with Gasteiger partial charge in [-0.25, -0.2) is 9.79 Å². The van der Waals surface area contributed by atoms with Crippen LogP contribution in [0.25, 0.3) is 0 Å². The highest BCUT2D eigenvalue weighted by atomic mass is 16.6. The minimum Gasteiger partial charge on any atom is -0.444 e. The van der Waals surface area contributed by atoms with Crippen LogP contribution in [0.15, 0.2) is 29.3 Å². The summed E-state index contributed by atoms with van der Waals surface area (Å²) in [6.07, 6.45) is -0.334. The van der Waals surface area contributed by atoms with E-state index < -0.39 is 5.60 Å². The molecule has 0 bridgehead atoms. The van der Waals surface area contributed by atoms with Gasteiger partial charge in [0.05, 0.1) is 6.54 Å². The van der Waals surface area contributed by atoms with Crippen LogP contribution in [0.1, 0.15) is 45.7 Å². The Labute approximate surface area is 169 Å². The van der Waals surface area contributed by atoms with Gasteiger partial charge in [0.25, 0.3) is 0 Å². The number of nitrogens with one attached hydrogen (secondary N) is 2. The predicted octanol–water partition coefficient (Wildman–Crippen LogP) is 2.74. The van der Waals surface area contributed by atoms with Crippen LogP contribution >= 0.6 is 0 Å². The molecule has 0 aliphatic rings. The minimum absolute atomic E-state index is 0.144. The van der Waals surface area contributed by atoms with Gasteiger partial charge in [-0.2, -0.15) is 0 Å². The summed E-state index contributed by atoms with van der Waals surface area (Å²) < 4.78 is 5.37. The van der Waals surface area contributed by atoms with Gasteiger partial charge in [0.2, 0.25) is 0 Å². The molecule has 1 unspecified atom stereocenters. The first-order valence-corrected chi connectivity index (χ1v) is 9.79. The van der Waals surface area contributed by atoms with E-state index in [1.54, 1.807) is 11.9 Å². The zero-order valence-electron chi connectivity index (χ0n) is 18.1. The Bertz CT molecular complexity index is 624. The monoisotopic (exact) mass is 392 g/mol. The van der Waals surface area contributed by atoms with Crippen LogP contribution in [0.5, 0.6) is 0 Å². The van der Waals surface area contributed by atoms with Gasteiger partial charge in [0.15, 0.2) is 5.96 Å². The number of rotatable bonds is 8. The first kappa shape index (κ1) is 23.8. The van der Waals surface area contributed by atoms with Crippen LogP contribution in [0.4, 0.5) is 4.79 Å². The van der Waals surface area contributed by atoms with E-state index in [-0.39, 0.29) is 18.6 Å². The SMILES string of the molecule is CCNC(=NCc1ccc(CN(C)C(=O)OC(C)(C)C)cc1)NCC(C)CO. The molecule has 28 heavy (non-hydrogen) atoms. The van der Waals surface area contributed by atoms with Gasteiger partial charge >= 0.3 is 6.09 Å². The molecule has 1 aromatic carbocycles. The Hall–Kier alpha value is -2.28. The van der Waals surface area contributed by atoms with Crippen molar-refractivity contribution in [2.24, 2.45) is 10.9 Å².